The molecule has 0 aliphatic heterocycles. The lowest BCUT2D eigenvalue weighted by Crippen LogP contribution is -2.41. The number of benzene rings is 2. The number of rotatable bonds is 7. The number of carbonyl (C=O) groups excluding carboxylic acids is 1. The molecule has 0 aromatic heterocycles. The lowest BCUT2D eigenvalue weighted by atomic mass is 9.75. The molecule has 0 bridgehead atoms. The minimum atomic E-state index is -0.470. The molecule has 1 amide bonds. The van der Waals surface area contributed by atoms with E-state index in [-0.39, 0.29) is 36.1 Å². The average molecular weight is 373 g/mol. The van der Waals surface area contributed by atoms with Crippen molar-refractivity contribution in [2.24, 2.45) is 5.92 Å². The second-order valence-electron chi connectivity index (χ2n) is 6.85. The highest BCUT2D eigenvalue weighted by atomic mass is 19.1. The number of halogens is 1. The molecule has 2 aromatic carbocycles. The largest absolute Gasteiger partial charge is 0.497 e. The Morgan fingerprint density at radius 1 is 1.22 bits per heavy atom. The van der Waals surface area contributed by atoms with Crippen molar-refractivity contribution in [1.29, 1.82) is 0 Å². The molecule has 27 heavy (non-hydrogen) atoms. The molecular weight excluding hydrogens is 349 g/mol. The lowest BCUT2D eigenvalue weighted by molar-refractivity contribution is -0.122. The summed E-state index contributed by atoms with van der Waals surface area (Å²) >= 11 is 0. The zero-order valence-electron chi connectivity index (χ0n) is 15.4. The standard InChI is InChI=1S/C21H24FNO4/c1-26-17-5-3-4-13(8-17)9-20(25)23-21(15-10-16(24)11-15)14-6-7-19(27-2)18(22)12-14/h3-8,12,15-16,21,24H,9-11H2,1-2H3,(H,23,25)/t15?,16?,21-/m0/s1. The molecular formula is C21H24FNO4. The maximum Gasteiger partial charge on any atom is 0.224 e. The molecule has 1 fully saturated rings. The van der Waals surface area contributed by atoms with Gasteiger partial charge in [0.15, 0.2) is 11.6 Å². The van der Waals surface area contributed by atoms with Gasteiger partial charge in [-0.2, -0.15) is 0 Å². The first kappa shape index (κ1) is 19.2. The van der Waals surface area contributed by atoms with E-state index in [1.165, 1.54) is 13.2 Å². The van der Waals surface area contributed by atoms with E-state index in [9.17, 15) is 14.3 Å². The second kappa shape index (κ2) is 8.39. The van der Waals surface area contributed by atoms with Crippen LogP contribution in [0.25, 0.3) is 0 Å². The van der Waals surface area contributed by atoms with E-state index in [2.05, 4.69) is 5.32 Å². The van der Waals surface area contributed by atoms with Crippen molar-refractivity contribution in [3.05, 3.63) is 59.4 Å². The van der Waals surface area contributed by atoms with Gasteiger partial charge in [-0.25, -0.2) is 4.39 Å². The summed E-state index contributed by atoms with van der Waals surface area (Å²) in [7, 11) is 2.99. The highest BCUT2D eigenvalue weighted by Gasteiger charge is 2.36. The first-order chi connectivity index (χ1) is 13.0. The highest BCUT2D eigenvalue weighted by Crippen LogP contribution is 2.39. The smallest absolute Gasteiger partial charge is 0.224 e. The van der Waals surface area contributed by atoms with Crippen LogP contribution in [0.4, 0.5) is 4.39 Å². The zero-order chi connectivity index (χ0) is 19.4. The first-order valence-electron chi connectivity index (χ1n) is 8.94. The third-order valence-corrected chi connectivity index (χ3v) is 4.97. The van der Waals surface area contributed by atoms with Crippen LogP contribution in [0, 0.1) is 11.7 Å². The number of aliphatic hydroxyl groups is 1. The Balaban J connectivity index is 1.75. The monoisotopic (exact) mass is 373 g/mol. The van der Waals surface area contributed by atoms with Crippen molar-refractivity contribution in [3.63, 3.8) is 0 Å². The van der Waals surface area contributed by atoms with Crippen LogP contribution in [0.5, 0.6) is 11.5 Å². The van der Waals surface area contributed by atoms with Crippen LogP contribution in [-0.4, -0.2) is 31.3 Å². The van der Waals surface area contributed by atoms with Crippen molar-refractivity contribution in [2.75, 3.05) is 14.2 Å². The fourth-order valence-corrected chi connectivity index (χ4v) is 3.44. The number of ether oxygens (including phenoxy) is 2. The van der Waals surface area contributed by atoms with Gasteiger partial charge in [-0.05, 0) is 54.2 Å². The molecule has 0 unspecified atom stereocenters. The van der Waals surface area contributed by atoms with Gasteiger partial charge in [-0.1, -0.05) is 18.2 Å². The van der Waals surface area contributed by atoms with Crippen molar-refractivity contribution in [1.82, 2.24) is 5.32 Å². The minimum Gasteiger partial charge on any atom is -0.497 e. The summed E-state index contributed by atoms with van der Waals surface area (Å²) in [4.78, 5) is 12.6. The van der Waals surface area contributed by atoms with Crippen LogP contribution in [0.1, 0.15) is 30.0 Å². The predicted molar refractivity (Wildman–Crippen MR) is 99.3 cm³/mol. The van der Waals surface area contributed by atoms with Crippen LogP contribution in [-0.2, 0) is 11.2 Å². The number of carbonyl (C=O) groups is 1. The first-order valence-corrected chi connectivity index (χ1v) is 8.94. The number of hydrogen-bond acceptors (Lipinski definition) is 4. The summed E-state index contributed by atoms with van der Waals surface area (Å²) < 4.78 is 24.3. The SMILES string of the molecule is COc1cccc(CC(=O)N[C@@H](c2ccc(OC)c(F)c2)C2CC(O)C2)c1. The molecule has 1 aliphatic carbocycles. The highest BCUT2D eigenvalue weighted by molar-refractivity contribution is 5.79. The topological polar surface area (TPSA) is 67.8 Å². The van der Waals surface area contributed by atoms with E-state index in [1.54, 1.807) is 19.2 Å². The molecule has 0 radical (unpaired) electrons. The van der Waals surface area contributed by atoms with Gasteiger partial charge in [0, 0.05) is 0 Å². The fraction of sp³-hybridized carbons (Fsp3) is 0.381. The van der Waals surface area contributed by atoms with E-state index < -0.39 is 5.82 Å². The van der Waals surface area contributed by atoms with Crippen molar-refractivity contribution in [3.8, 4) is 11.5 Å². The van der Waals surface area contributed by atoms with E-state index >= 15 is 0 Å². The fourth-order valence-electron chi connectivity index (χ4n) is 3.44. The van der Waals surface area contributed by atoms with Gasteiger partial charge in [0.25, 0.3) is 0 Å². The number of methoxy groups -OCH3 is 2. The van der Waals surface area contributed by atoms with Crippen LogP contribution < -0.4 is 14.8 Å². The third kappa shape index (κ3) is 4.57. The van der Waals surface area contributed by atoms with Gasteiger partial charge in [0.2, 0.25) is 5.91 Å². The molecule has 6 heteroatoms. The molecule has 0 spiro atoms. The summed E-state index contributed by atoms with van der Waals surface area (Å²) in [6.07, 6.45) is 0.993. The van der Waals surface area contributed by atoms with Crippen molar-refractivity contribution in [2.45, 2.75) is 31.4 Å². The van der Waals surface area contributed by atoms with Crippen molar-refractivity contribution >= 4 is 5.91 Å². The second-order valence-corrected chi connectivity index (χ2v) is 6.85. The molecule has 5 nitrogen and oxygen atoms in total. The summed E-state index contributed by atoms with van der Waals surface area (Å²) in [5, 5.41) is 12.7. The normalized spacial score (nSPS) is 19.7. The van der Waals surface area contributed by atoms with Gasteiger partial charge in [0.05, 0.1) is 32.8 Å². The molecule has 2 aromatic rings. The third-order valence-electron chi connectivity index (χ3n) is 4.97. The number of amides is 1. The van der Waals surface area contributed by atoms with Crippen LogP contribution in [0.3, 0.4) is 0 Å². The molecule has 2 N–H and O–H groups in total. The van der Waals surface area contributed by atoms with Crippen molar-refractivity contribution < 1.29 is 23.8 Å². The molecule has 1 saturated carbocycles. The van der Waals surface area contributed by atoms with Crippen LogP contribution in [0.15, 0.2) is 42.5 Å². The van der Waals surface area contributed by atoms with E-state index in [1.807, 2.05) is 24.3 Å². The molecule has 3 rings (SSSR count). The predicted octanol–water partition coefficient (Wildman–Crippen LogP) is 3.01. The van der Waals surface area contributed by atoms with Gasteiger partial charge in [-0.15, -0.1) is 0 Å². The summed E-state index contributed by atoms with van der Waals surface area (Å²) in [6, 6.07) is 11.7. The lowest BCUT2D eigenvalue weighted by Gasteiger charge is -2.38. The van der Waals surface area contributed by atoms with E-state index in [0.29, 0.717) is 24.2 Å². The maximum absolute atomic E-state index is 14.1. The number of nitrogens with one attached hydrogen (secondary N) is 1. The van der Waals surface area contributed by atoms with Crippen LogP contribution in [0.2, 0.25) is 0 Å². The van der Waals surface area contributed by atoms with E-state index in [0.717, 1.165) is 5.56 Å². The summed E-state index contributed by atoms with van der Waals surface area (Å²) in [5.74, 6) is 0.292. The molecule has 1 atom stereocenters. The maximum atomic E-state index is 14.1. The Hall–Kier alpha value is -2.60. The Morgan fingerprint density at radius 3 is 2.63 bits per heavy atom. The average Bonchev–Trinajstić information content (AvgIpc) is 2.64. The van der Waals surface area contributed by atoms with Gasteiger partial charge in [-0.3, -0.25) is 4.79 Å². The molecule has 144 valence electrons. The molecule has 0 heterocycles. The Kier molecular flexibility index (Phi) is 5.96. The molecule has 0 saturated heterocycles. The zero-order valence-corrected chi connectivity index (χ0v) is 15.4. The number of aliphatic hydroxyl groups excluding tert-OH is 1. The van der Waals surface area contributed by atoms with Gasteiger partial charge in [0.1, 0.15) is 5.75 Å². The summed E-state index contributed by atoms with van der Waals surface area (Å²) in [6.45, 7) is 0. The Bertz CT molecular complexity index is 805. The summed E-state index contributed by atoms with van der Waals surface area (Å²) in [5.41, 5.74) is 1.50. The quantitative estimate of drug-likeness (QED) is 0.783. The molecule has 1 aliphatic rings. The Morgan fingerprint density at radius 2 is 2.00 bits per heavy atom. The van der Waals surface area contributed by atoms with E-state index in [4.69, 9.17) is 9.47 Å². The number of hydrogen-bond donors (Lipinski definition) is 2. The minimum absolute atomic E-state index is 0.0713. The van der Waals surface area contributed by atoms with Gasteiger partial charge >= 0.3 is 0 Å². The van der Waals surface area contributed by atoms with Crippen LogP contribution >= 0.6 is 0 Å². The van der Waals surface area contributed by atoms with Gasteiger partial charge < -0.3 is 19.9 Å². The Labute approximate surface area is 158 Å².